The van der Waals surface area contributed by atoms with Gasteiger partial charge in [0.15, 0.2) is 0 Å². The van der Waals surface area contributed by atoms with E-state index < -0.39 is 21.2 Å². The normalized spacial score (nSPS) is 9.79. The summed E-state index contributed by atoms with van der Waals surface area (Å²) in [4.78, 5) is 19.2. The average molecular weight is 262 g/mol. The van der Waals surface area contributed by atoms with Crippen molar-refractivity contribution in [1.82, 2.24) is 0 Å². The molecule has 0 fully saturated rings. The first kappa shape index (κ1) is 10.4. The number of rotatable bonds is 2. The van der Waals surface area contributed by atoms with Gasteiger partial charge < -0.3 is 5.73 Å². The molecule has 8 heteroatoms. The van der Waals surface area contributed by atoms with Gasteiger partial charge >= 0.3 is 11.4 Å². The van der Waals surface area contributed by atoms with Crippen molar-refractivity contribution in [2.75, 3.05) is 5.73 Å². The van der Waals surface area contributed by atoms with Crippen LogP contribution in [0.1, 0.15) is 0 Å². The highest BCUT2D eigenvalue weighted by Crippen LogP contribution is 2.37. The number of hydrogen-bond donors (Lipinski definition) is 1. The van der Waals surface area contributed by atoms with Crippen molar-refractivity contribution in [3.63, 3.8) is 0 Å². The third kappa shape index (κ3) is 1.64. The lowest BCUT2D eigenvalue weighted by Gasteiger charge is -1.99. The zero-order valence-corrected chi connectivity index (χ0v) is 8.22. The van der Waals surface area contributed by atoms with Crippen LogP contribution in [-0.4, -0.2) is 9.85 Å². The molecule has 0 aliphatic carbocycles. The number of halogens is 1. The smallest absolute Gasteiger partial charge is 0.369 e. The first-order valence-corrected chi connectivity index (χ1v) is 4.11. The van der Waals surface area contributed by atoms with Crippen LogP contribution in [0, 0.1) is 20.2 Å². The second-order valence-corrected chi connectivity index (χ2v) is 3.20. The summed E-state index contributed by atoms with van der Waals surface area (Å²) < 4.78 is 0.259. The molecule has 0 spiro atoms. The minimum absolute atomic E-state index is 0.246. The average Bonchev–Trinajstić information content (AvgIpc) is 2.08. The summed E-state index contributed by atoms with van der Waals surface area (Å²) in [7, 11) is 0. The maximum atomic E-state index is 10.5. The van der Waals surface area contributed by atoms with Crippen LogP contribution in [0.25, 0.3) is 0 Å². The fourth-order valence-electron chi connectivity index (χ4n) is 0.911. The van der Waals surface area contributed by atoms with Crippen molar-refractivity contribution in [3.8, 4) is 0 Å². The molecule has 0 aliphatic rings. The highest BCUT2D eigenvalue weighted by atomic mass is 79.9. The molecule has 2 N–H and O–H groups in total. The molecular weight excluding hydrogens is 258 g/mol. The number of nitrogens with zero attached hydrogens (tertiary/aromatic N) is 2. The number of anilines is 1. The van der Waals surface area contributed by atoms with Gasteiger partial charge in [-0.2, -0.15) is 0 Å². The molecule has 0 aromatic heterocycles. The number of nitro benzene ring substituents is 2. The van der Waals surface area contributed by atoms with E-state index in [1.54, 1.807) is 0 Å². The fourth-order valence-corrected chi connectivity index (χ4v) is 1.23. The molecule has 0 saturated carbocycles. The van der Waals surface area contributed by atoms with E-state index in [9.17, 15) is 20.2 Å². The van der Waals surface area contributed by atoms with Gasteiger partial charge in [0.2, 0.25) is 0 Å². The van der Waals surface area contributed by atoms with Gasteiger partial charge in [0.1, 0.15) is 5.69 Å². The first-order chi connectivity index (χ1) is 6.45. The van der Waals surface area contributed by atoms with Gasteiger partial charge in [-0.15, -0.1) is 0 Å². The van der Waals surface area contributed by atoms with E-state index in [0.29, 0.717) is 0 Å². The van der Waals surface area contributed by atoms with E-state index in [1.807, 2.05) is 0 Å². The Hall–Kier alpha value is -1.70. The van der Waals surface area contributed by atoms with Gasteiger partial charge in [-0.3, -0.25) is 20.2 Å². The molecule has 0 amide bonds. The Morgan fingerprint density at radius 3 is 2.21 bits per heavy atom. The topological polar surface area (TPSA) is 112 Å². The molecule has 0 aliphatic heterocycles. The molecule has 0 saturated heterocycles. The summed E-state index contributed by atoms with van der Waals surface area (Å²) in [6.45, 7) is 0. The summed E-state index contributed by atoms with van der Waals surface area (Å²) >= 11 is 2.95. The SMILES string of the molecule is Nc1c(Br)ccc([N+](=O)[O-])c1[N+](=O)[O-]. The molecule has 0 heterocycles. The minimum Gasteiger partial charge on any atom is -0.392 e. The maximum absolute atomic E-state index is 10.5. The van der Waals surface area contributed by atoms with Crippen molar-refractivity contribution in [3.05, 3.63) is 36.8 Å². The Kier molecular flexibility index (Phi) is 2.65. The van der Waals surface area contributed by atoms with Crippen LogP contribution < -0.4 is 5.73 Å². The van der Waals surface area contributed by atoms with Crippen LogP contribution >= 0.6 is 15.9 Å². The fraction of sp³-hybridized carbons (Fsp3) is 0. The number of nitrogens with two attached hydrogens (primary N) is 1. The van der Waals surface area contributed by atoms with Crippen molar-refractivity contribution >= 4 is 33.0 Å². The van der Waals surface area contributed by atoms with Crippen molar-refractivity contribution in [2.45, 2.75) is 0 Å². The van der Waals surface area contributed by atoms with Gasteiger partial charge in [-0.1, -0.05) is 0 Å². The third-order valence-electron chi connectivity index (χ3n) is 1.52. The zero-order valence-electron chi connectivity index (χ0n) is 6.64. The molecule has 74 valence electrons. The number of hydrogen-bond acceptors (Lipinski definition) is 5. The Morgan fingerprint density at radius 2 is 1.79 bits per heavy atom. The van der Waals surface area contributed by atoms with Gasteiger partial charge in [-0.25, -0.2) is 0 Å². The molecule has 14 heavy (non-hydrogen) atoms. The predicted octanol–water partition coefficient (Wildman–Crippen LogP) is 1.85. The van der Waals surface area contributed by atoms with Crippen LogP contribution in [-0.2, 0) is 0 Å². The Balaban J connectivity index is 3.53. The van der Waals surface area contributed by atoms with Crippen LogP contribution in [0.2, 0.25) is 0 Å². The number of benzene rings is 1. The molecular formula is C6H4BrN3O4. The Bertz CT molecular complexity index is 420. The Morgan fingerprint density at radius 1 is 1.21 bits per heavy atom. The molecule has 1 aromatic carbocycles. The molecule has 0 atom stereocenters. The highest BCUT2D eigenvalue weighted by Gasteiger charge is 2.28. The summed E-state index contributed by atoms with van der Waals surface area (Å²) in [5.74, 6) is 0. The predicted molar refractivity (Wildman–Crippen MR) is 51.9 cm³/mol. The van der Waals surface area contributed by atoms with E-state index >= 15 is 0 Å². The molecule has 7 nitrogen and oxygen atoms in total. The van der Waals surface area contributed by atoms with E-state index in [0.717, 1.165) is 6.07 Å². The quantitative estimate of drug-likeness (QED) is 0.496. The van der Waals surface area contributed by atoms with Crippen LogP contribution in [0.15, 0.2) is 16.6 Å². The lowest BCUT2D eigenvalue weighted by molar-refractivity contribution is -0.421. The third-order valence-corrected chi connectivity index (χ3v) is 2.21. The van der Waals surface area contributed by atoms with Crippen molar-refractivity contribution in [1.29, 1.82) is 0 Å². The summed E-state index contributed by atoms with van der Waals surface area (Å²) in [6, 6.07) is 2.32. The Labute approximate surface area is 85.9 Å². The molecule has 0 unspecified atom stereocenters. The summed E-state index contributed by atoms with van der Waals surface area (Å²) in [6.07, 6.45) is 0. The largest absolute Gasteiger partial charge is 0.392 e. The van der Waals surface area contributed by atoms with E-state index in [1.165, 1.54) is 6.07 Å². The van der Waals surface area contributed by atoms with Gasteiger partial charge in [0.25, 0.3) is 0 Å². The first-order valence-electron chi connectivity index (χ1n) is 3.32. The maximum Gasteiger partial charge on any atom is 0.369 e. The molecule has 1 aromatic rings. The summed E-state index contributed by atoms with van der Waals surface area (Å²) in [5, 5.41) is 20.9. The minimum atomic E-state index is -0.877. The monoisotopic (exact) mass is 261 g/mol. The van der Waals surface area contributed by atoms with Crippen LogP contribution in [0.5, 0.6) is 0 Å². The van der Waals surface area contributed by atoms with Crippen LogP contribution in [0.4, 0.5) is 17.1 Å². The van der Waals surface area contributed by atoms with Crippen molar-refractivity contribution < 1.29 is 9.85 Å². The second kappa shape index (κ2) is 3.58. The van der Waals surface area contributed by atoms with Gasteiger partial charge in [0.05, 0.1) is 9.85 Å². The molecule has 1 rings (SSSR count). The number of nitrogen functional groups attached to an aromatic ring is 1. The lowest BCUT2D eigenvalue weighted by Crippen LogP contribution is -2.01. The molecule has 0 radical (unpaired) electrons. The van der Waals surface area contributed by atoms with Gasteiger partial charge in [-0.05, 0) is 22.0 Å². The van der Waals surface area contributed by atoms with Crippen LogP contribution in [0.3, 0.4) is 0 Å². The zero-order chi connectivity index (χ0) is 10.9. The van der Waals surface area contributed by atoms with Crippen molar-refractivity contribution in [2.24, 2.45) is 0 Å². The lowest BCUT2D eigenvalue weighted by atomic mass is 10.2. The highest BCUT2D eigenvalue weighted by molar-refractivity contribution is 9.10. The van der Waals surface area contributed by atoms with E-state index in [4.69, 9.17) is 5.73 Å². The second-order valence-electron chi connectivity index (χ2n) is 2.34. The standard InChI is InChI=1S/C6H4BrN3O4/c7-3-1-2-4(9(11)12)6(5(3)8)10(13)14/h1-2H,8H2. The van der Waals surface area contributed by atoms with Gasteiger partial charge in [0, 0.05) is 10.5 Å². The van der Waals surface area contributed by atoms with E-state index in [2.05, 4.69) is 15.9 Å². The molecule has 0 bridgehead atoms. The van der Waals surface area contributed by atoms with E-state index in [-0.39, 0.29) is 10.2 Å². The number of nitro groups is 2. The summed E-state index contributed by atoms with van der Waals surface area (Å²) in [5.41, 5.74) is 3.78.